The van der Waals surface area contributed by atoms with Gasteiger partial charge in [0.05, 0.1) is 25.0 Å². The topological polar surface area (TPSA) is 47.6 Å². The van der Waals surface area contributed by atoms with Crippen molar-refractivity contribution in [1.29, 1.82) is 10.5 Å². The van der Waals surface area contributed by atoms with E-state index >= 15 is 0 Å². The predicted octanol–water partition coefficient (Wildman–Crippen LogP) is 3.12. The first kappa shape index (κ1) is 12.3. The van der Waals surface area contributed by atoms with Crippen molar-refractivity contribution in [3.05, 3.63) is 34.9 Å². The lowest BCUT2D eigenvalue weighted by Crippen LogP contribution is -2.12. The SMILES string of the molecule is CC(C)(C)c1ccc(CC#N)c(CC#N)c1. The molecule has 1 aromatic carbocycles. The van der Waals surface area contributed by atoms with E-state index in [0.29, 0.717) is 12.8 Å². The van der Waals surface area contributed by atoms with Crippen LogP contribution in [0.5, 0.6) is 0 Å². The highest BCUT2D eigenvalue weighted by molar-refractivity contribution is 5.38. The van der Waals surface area contributed by atoms with Crippen LogP contribution in [0.4, 0.5) is 0 Å². The minimum atomic E-state index is 0.0787. The fraction of sp³-hybridized carbons (Fsp3) is 0.429. The standard InChI is InChI=1S/C14H16N2/c1-14(2,3)13-5-4-11(6-8-15)12(10-13)7-9-16/h4-5,10H,6-7H2,1-3H3. The lowest BCUT2D eigenvalue weighted by Gasteiger charge is -2.20. The van der Waals surface area contributed by atoms with Gasteiger partial charge in [0, 0.05) is 0 Å². The maximum Gasteiger partial charge on any atom is 0.0669 e. The molecule has 1 rings (SSSR count). The largest absolute Gasteiger partial charge is 0.198 e. The van der Waals surface area contributed by atoms with Gasteiger partial charge in [0.1, 0.15) is 0 Å². The summed E-state index contributed by atoms with van der Waals surface area (Å²) in [6.07, 6.45) is 0.752. The van der Waals surface area contributed by atoms with Crippen molar-refractivity contribution in [2.45, 2.75) is 39.0 Å². The number of benzene rings is 1. The number of nitrogens with zero attached hydrogens (tertiary/aromatic N) is 2. The van der Waals surface area contributed by atoms with Gasteiger partial charge in [-0.2, -0.15) is 10.5 Å². The van der Waals surface area contributed by atoms with E-state index in [1.54, 1.807) is 0 Å². The quantitative estimate of drug-likeness (QED) is 0.756. The van der Waals surface area contributed by atoms with Crippen molar-refractivity contribution in [2.24, 2.45) is 0 Å². The fourth-order valence-electron chi connectivity index (χ4n) is 1.60. The Kier molecular flexibility index (Phi) is 3.69. The third-order valence-corrected chi connectivity index (χ3v) is 2.61. The highest BCUT2D eigenvalue weighted by atomic mass is 14.3. The Hall–Kier alpha value is -1.80. The molecule has 0 unspecified atom stereocenters. The van der Waals surface area contributed by atoms with Gasteiger partial charge in [-0.1, -0.05) is 39.0 Å². The minimum Gasteiger partial charge on any atom is -0.198 e. The minimum absolute atomic E-state index is 0.0787. The molecule has 0 saturated carbocycles. The fourth-order valence-corrected chi connectivity index (χ4v) is 1.60. The zero-order chi connectivity index (χ0) is 12.2. The molecule has 0 radical (unpaired) electrons. The Bertz CT molecular complexity index is 453. The first-order chi connectivity index (χ1) is 7.49. The molecule has 0 bridgehead atoms. The van der Waals surface area contributed by atoms with Gasteiger partial charge in [-0.05, 0) is 22.1 Å². The molecule has 16 heavy (non-hydrogen) atoms. The average molecular weight is 212 g/mol. The Labute approximate surface area is 97.1 Å². The first-order valence-corrected chi connectivity index (χ1v) is 5.35. The molecule has 82 valence electrons. The van der Waals surface area contributed by atoms with Crippen LogP contribution in [0.1, 0.15) is 37.5 Å². The van der Waals surface area contributed by atoms with Crippen LogP contribution in [0.25, 0.3) is 0 Å². The van der Waals surface area contributed by atoms with Crippen LogP contribution in [0.15, 0.2) is 18.2 Å². The third-order valence-electron chi connectivity index (χ3n) is 2.61. The molecule has 2 nitrogen and oxygen atoms in total. The van der Waals surface area contributed by atoms with Gasteiger partial charge in [0.15, 0.2) is 0 Å². The van der Waals surface area contributed by atoms with Gasteiger partial charge in [0.25, 0.3) is 0 Å². The Balaban J connectivity index is 3.19. The summed E-state index contributed by atoms with van der Waals surface area (Å²) in [5, 5.41) is 17.5. The summed E-state index contributed by atoms with van der Waals surface area (Å²) in [6, 6.07) is 10.4. The van der Waals surface area contributed by atoms with E-state index in [2.05, 4.69) is 39.0 Å². The van der Waals surface area contributed by atoms with E-state index in [9.17, 15) is 0 Å². The molecule has 0 N–H and O–H groups in total. The van der Waals surface area contributed by atoms with Crippen LogP contribution in [0, 0.1) is 22.7 Å². The monoisotopic (exact) mass is 212 g/mol. The second kappa shape index (κ2) is 4.81. The van der Waals surface area contributed by atoms with Crippen LogP contribution >= 0.6 is 0 Å². The predicted molar refractivity (Wildman–Crippen MR) is 63.8 cm³/mol. The molecular formula is C14H16N2. The maximum atomic E-state index is 8.77. The second-order valence-corrected chi connectivity index (χ2v) is 4.90. The normalized spacial score (nSPS) is 10.6. The van der Waals surface area contributed by atoms with Crippen LogP contribution in [-0.4, -0.2) is 0 Å². The smallest absolute Gasteiger partial charge is 0.0669 e. The van der Waals surface area contributed by atoms with Crippen molar-refractivity contribution in [3.63, 3.8) is 0 Å². The number of hydrogen-bond donors (Lipinski definition) is 0. The molecule has 0 aliphatic rings. The molecule has 0 amide bonds. The molecule has 0 heterocycles. The van der Waals surface area contributed by atoms with Crippen molar-refractivity contribution < 1.29 is 0 Å². The molecule has 0 saturated heterocycles. The number of hydrogen-bond acceptors (Lipinski definition) is 2. The Morgan fingerprint density at radius 3 is 2.06 bits per heavy atom. The third kappa shape index (κ3) is 2.84. The maximum absolute atomic E-state index is 8.77. The first-order valence-electron chi connectivity index (χ1n) is 5.35. The summed E-state index contributed by atoms with van der Waals surface area (Å²) in [6.45, 7) is 6.42. The van der Waals surface area contributed by atoms with Gasteiger partial charge < -0.3 is 0 Å². The van der Waals surface area contributed by atoms with Crippen molar-refractivity contribution in [1.82, 2.24) is 0 Å². The van der Waals surface area contributed by atoms with Gasteiger partial charge in [-0.25, -0.2) is 0 Å². The number of nitriles is 2. The van der Waals surface area contributed by atoms with Crippen molar-refractivity contribution in [3.8, 4) is 12.1 Å². The molecule has 0 aliphatic heterocycles. The summed E-state index contributed by atoms with van der Waals surface area (Å²) in [5.74, 6) is 0. The average Bonchev–Trinajstić information content (AvgIpc) is 2.19. The summed E-state index contributed by atoms with van der Waals surface area (Å²) < 4.78 is 0. The lowest BCUT2D eigenvalue weighted by atomic mass is 9.84. The van der Waals surface area contributed by atoms with E-state index in [1.165, 1.54) is 5.56 Å². The van der Waals surface area contributed by atoms with Gasteiger partial charge in [-0.15, -0.1) is 0 Å². The van der Waals surface area contributed by atoms with E-state index in [4.69, 9.17) is 10.5 Å². The van der Waals surface area contributed by atoms with E-state index in [1.807, 2.05) is 12.1 Å². The van der Waals surface area contributed by atoms with Crippen LogP contribution in [-0.2, 0) is 18.3 Å². The zero-order valence-corrected chi connectivity index (χ0v) is 10.0. The van der Waals surface area contributed by atoms with Crippen LogP contribution < -0.4 is 0 Å². The van der Waals surface area contributed by atoms with Crippen LogP contribution in [0.3, 0.4) is 0 Å². The summed E-state index contributed by atoms with van der Waals surface area (Å²) in [5.41, 5.74) is 3.24. The second-order valence-electron chi connectivity index (χ2n) is 4.90. The summed E-state index contributed by atoms with van der Waals surface area (Å²) in [4.78, 5) is 0. The highest BCUT2D eigenvalue weighted by Crippen LogP contribution is 2.25. The molecule has 0 aromatic heterocycles. The Morgan fingerprint density at radius 2 is 1.56 bits per heavy atom. The zero-order valence-electron chi connectivity index (χ0n) is 10.0. The van der Waals surface area contributed by atoms with Gasteiger partial charge in [-0.3, -0.25) is 0 Å². The lowest BCUT2D eigenvalue weighted by molar-refractivity contribution is 0.589. The van der Waals surface area contributed by atoms with Gasteiger partial charge >= 0.3 is 0 Å². The highest BCUT2D eigenvalue weighted by Gasteiger charge is 2.15. The molecule has 0 fully saturated rings. The molecule has 0 atom stereocenters. The van der Waals surface area contributed by atoms with E-state index in [-0.39, 0.29) is 5.41 Å². The molecule has 2 heteroatoms. The summed E-state index contributed by atoms with van der Waals surface area (Å²) in [7, 11) is 0. The van der Waals surface area contributed by atoms with Crippen molar-refractivity contribution in [2.75, 3.05) is 0 Å². The van der Waals surface area contributed by atoms with Crippen LogP contribution in [0.2, 0.25) is 0 Å². The van der Waals surface area contributed by atoms with E-state index < -0.39 is 0 Å². The summed E-state index contributed by atoms with van der Waals surface area (Å²) >= 11 is 0. The molecule has 0 aliphatic carbocycles. The van der Waals surface area contributed by atoms with Gasteiger partial charge in [0.2, 0.25) is 0 Å². The van der Waals surface area contributed by atoms with E-state index in [0.717, 1.165) is 11.1 Å². The molecular weight excluding hydrogens is 196 g/mol. The molecule has 1 aromatic rings. The molecule has 0 spiro atoms. The Morgan fingerprint density at radius 1 is 1.00 bits per heavy atom. The van der Waals surface area contributed by atoms with Crippen molar-refractivity contribution >= 4 is 0 Å². The number of rotatable bonds is 2.